The van der Waals surface area contributed by atoms with Crippen molar-refractivity contribution in [2.45, 2.75) is 32.9 Å². The molecule has 4 heterocycles. The predicted molar refractivity (Wildman–Crippen MR) is 118 cm³/mol. The number of imidazole rings is 1. The van der Waals surface area contributed by atoms with E-state index in [1.165, 1.54) is 0 Å². The molecular formula is C22H24N8. The monoisotopic (exact) mass is 400 g/mol. The maximum atomic E-state index is 4.82. The van der Waals surface area contributed by atoms with Crippen LogP contribution in [-0.4, -0.2) is 35.8 Å². The summed E-state index contributed by atoms with van der Waals surface area (Å²) in [6.45, 7) is 5.76. The molecule has 0 radical (unpaired) electrons. The summed E-state index contributed by atoms with van der Waals surface area (Å²) >= 11 is 0. The maximum absolute atomic E-state index is 4.82. The normalized spacial score (nSPS) is 13.6. The summed E-state index contributed by atoms with van der Waals surface area (Å²) in [5, 5.41) is 7.88. The van der Waals surface area contributed by atoms with Crippen molar-refractivity contribution in [1.82, 2.24) is 29.3 Å². The number of hydrogen-bond acceptors (Lipinski definition) is 6. The van der Waals surface area contributed by atoms with Crippen LogP contribution in [0.2, 0.25) is 0 Å². The van der Waals surface area contributed by atoms with Crippen molar-refractivity contribution in [3.05, 3.63) is 66.9 Å². The summed E-state index contributed by atoms with van der Waals surface area (Å²) in [6.07, 6.45) is 10.8. The van der Waals surface area contributed by atoms with Gasteiger partial charge in [0.05, 0.1) is 12.0 Å². The highest BCUT2D eigenvalue weighted by molar-refractivity contribution is 5.84. The second kappa shape index (κ2) is 7.62. The van der Waals surface area contributed by atoms with Crippen molar-refractivity contribution < 1.29 is 0 Å². The fourth-order valence-electron chi connectivity index (χ4n) is 3.67. The van der Waals surface area contributed by atoms with Gasteiger partial charge in [-0.2, -0.15) is 15.1 Å². The van der Waals surface area contributed by atoms with Crippen molar-refractivity contribution in [3.63, 3.8) is 0 Å². The van der Waals surface area contributed by atoms with Crippen molar-refractivity contribution in [2.24, 2.45) is 0 Å². The van der Waals surface area contributed by atoms with Gasteiger partial charge in [-0.05, 0) is 38.0 Å². The standard InChI is InChI=1S/C22H24N8/c1-16(2)29-15-24-19-20(26-22(27-21(19)29)28-11-5-6-12-28)23-14-17-8-3-4-9-18(17)30-13-7-10-25-30/h3-5,7-11,13,15-16H,6,12,14H2,1-2H3,(H,23,26,27). The van der Waals surface area contributed by atoms with E-state index in [4.69, 9.17) is 9.97 Å². The van der Waals surface area contributed by atoms with Crippen LogP contribution in [0.4, 0.5) is 11.8 Å². The zero-order valence-electron chi connectivity index (χ0n) is 17.1. The Morgan fingerprint density at radius 2 is 2.03 bits per heavy atom. The molecule has 0 aliphatic carbocycles. The maximum Gasteiger partial charge on any atom is 0.233 e. The Labute approximate surface area is 174 Å². The highest BCUT2D eigenvalue weighted by atomic mass is 15.3. The molecule has 5 rings (SSSR count). The third kappa shape index (κ3) is 3.30. The molecule has 8 nitrogen and oxygen atoms in total. The van der Waals surface area contributed by atoms with Gasteiger partial charge in [0.2, 0.25) is 5.95 Å². The lowest BCUT2D eigenvalue weighted by Gasteiger charge is -2.17. The molecule has 3 aromatic heterocycles. The first-order chi connectivity index (χ1) is 14.7. The molecule has 0 bridgehead atoms. The second-order valence-electron chi connectivity index (χ2n) is 7.59. The summed E-state index contributed by atoms with van der Waals surface area (Å²) in [6, 6.07) is 10.4. The van der Waals surface area contributed by atoms with Crippen LogP contribution in [0.1, 0.15) is 31.9 Å². The molecule has 1 aromatic carbocycles. The van der Waals surface area contributed by atoms with Gasteiger partial charge in [0.1, 0.15) is 0 Å². The number of anilines is 2. The Balaban J connectivity index is 1.52. The first-order valence-electron chi connectivity index (χ1n) is 10.2. The molecular weight excluding hydrogens is 376 g/mol. The van der Waals surface area contributed by atoms with Gasteiger partial charge in [-0.3, -0.25) is 0 Å². The van der Waals surface area contributed by atoms with E-state index >= 15 is 0 Å². The fraction of sp³-hybridized carbons (Fsp3) is 0.273. The summed E-state index contributed by atoms with van der Waals surface area (Å²) in [4.78, 5) is 16.3. The first-order valence-corrected chi connectivity index (χ1v) is 10.2. The van der Waals surface area contributed by atoms with Crippen molar-refractivity contribution in [2.75, 3.05) is 16.8 Å². The number of nitrogens with one attached hydrogen (secondary N) is 1. The van der Waals surface area contributed by atoms with E-state index in [0.29, 0.717) is 12.5 Å². The zero-order valence-corrected chi connectivity index (χ0v) is 17.1. The lowest BCUT2D eigenvalue weighted by Crippen LogP contribution is -2.17. The van der Waals surface area contributed by atoms with Crippen molar-refractivity contribution >= 4 is 22.9 Å². The van der Waals surface area contributed by atoms with Gasteiger partial charge in [0.25, 0.3) is 0 Å². The molecule has 0 amide bonds. The third-order valence-electron chi connectivity index (χ3n) is 5.23. The van der Waals surface area contributed by atoms with E-state index in [1.54, 1.807) is 6.20 Å². The van der Waals surface area contributed by atoms with Crippen LogP contribution in [0.3, 0.4) is 0 Å². The second-order valence-corrected chi connectivity index (χ2v) is 7.59. The third-order valence-corrected chi connectivity index (χ3v) is 5.23. The van der Waals surface area contributed by atoms with Crippen LogP contribution in [-0.2, 0) is 6.54 Å². The molecule has 0 atom stereocenters. The molecule has 0 saturated carbocycles. The first kappa shape index (κ1) is 18.4. The molecule has 0 spiro atoms. The summed E-state index contributed by atoms with van der Waals surface area (Å²) in [5.74, 6) is 1.44. The van der Waals surface area contributed by atoms with Crippen LogP contribution in [0.15, 0.2) is 61.3 Å². The van der Waals surface area contributed by atoms with E-state index < -0.39 is 0 Å². The molecule has 1 aliphatic rings. The average Bonchev–Trinajstić information content (AvgIpc) is 3.53. The molecule has 0 fully saturated rings. The molecule has 4 aromatic rings. The van der Waals surface area contributed by atoms with Crippen LogP contribution in [0.25, 0.3) is 16.9 Å². The van der Waals surface area contributed by atoms with Gasteiger partial charge in [0.15, 0.2) is 17.0 Å². The summed E-state index contributed by atoms with van der Waals surface area (Å²) in [7, 11) is 0. The lowest BCUT2D eigenvalue weighted by atomic mass is 10.2. The number of rotatable bonds is 6. The van der Waals surface area contributed by atoms with Crippen LogP contribution < -0.4 is 10.2 Å². The molecule has 1 aliphatic heterocycles. The number of hydrogen-bond donors (Lipinski definition) is 1. The molecule has 30 heavy (non-hydrogen) atoms. The largest absolute Gasteiger partial charge is 0.364 e. The molecule has 0 unspecified atom stereocenters. The van der Waals surface area contributed by atoms with E-state index in [-0.39, 0.29) is 6.04 Å². The van der Waals surface area contributed by atoms with Gasteiger partial charge in [-0.1, -0.05) is 24.3 Å². The SMILES string of the molecule is CC(C)n1cnc2c(NCc3ccccc3-n3cccn3)nc(N3C=CCC3)nc21. The number of fused-ring (bicyclic) bond motifs is 1. The predicted octanol–water partition coefficient (Wildman–Crippen LogP) is 3.93. The van der Waals surface area contributed by atoms with Gasteiger partial charge in [-0.25, -0.2) is 9.67 Å². The van der Waals surface area contributed by atoms with Crippen LogP contribution in [0, 0.1) is 0 Å². The smallest absolute Gasteiger partial charge is 0.233 e. The lowest BCUT2D eigenvalue weighted by molar-refractivity contribution is 0.612. The Morgan fingerprint density at radius 1 is 1.13 bits per heavy atom. The minimum absolute atomic E-state index is 0.264. The van der Waals surface area contributed by atoms with Gasteiger partial charge in [0, 0.05) is 37.7 Å². The number of para-hydroxylation sites is 1. The minimum atomic E-state index is 0.264. The zero-order chi connectivity index (χ0) is 20.5. The van der Waals surface area contributed by atoms with Crippen LogP contribution >= 0.6 is 0 Å². The quantitative estimate of drug-likeness (QED) is 0.528. The van der Waals surface area contributed by atoms with Crippen molar-refractivity contribution in [3.8, 4) is 5.69 Å². The van der Waals surface area contributed by atoms with Gasteiger partial charge < -0.3 is 14.8 Å². The van der Waals surface area contributed by atoms with Crippen LogP contribution in [0.5, 0.6) is 0 Å². The Morgan fingerprint density at radius 3 is 2.80 bits per heavy atom. The van der Waals surface area contributed by atoms with E-state index in [0.717, 1.165) is 41.2 Å². The topological polar surface area (TPSA) is 76.7 Å². The number of nitrogens with zero attached hydrogens (tertiary/aromatic N) is 7. The highest BCUT2D eigenvalue weighted by Crippen LogP contribution is 2.27. The van der Waals surface area contributed by atoms with Gasteiger partial charge in [-0.15, -0.1) is 0 Å². The average molecular weight is 400 g/mol. The number of benzene rings is 1. The van der Waals surface area contributed by atoms with Gasteiger partial charge >= 0.3 is 0 Å². The molecule has 0 saturated heterocycles. The fourth-order valence-corrected chi connectivity index (χ4v) is 3.67. The Bertz CT molecular complexity index is 1190. The highest BCUT2D eigenvalue weighted by Gasteiger charge is 2.19. The summed E-state index contributed by atoms with van der Waals surface area (Å²) in [5.41, 5.74) is 3.79. The molecule has 8 heteroatoms. The minimum Gasteiger partial charge on any atom is -0.364 e. The summed E-state index contributed by atoms with van der Waals surface area (Å²) < 4.78 is 3.96. The van der Waals surface area contributed by atoms with E-state index in [2.05, 4.69) is 56.9 Å². The molecule has 152 valence electrons. The Hall–Kier alpha value is -3.68. The number of aromatic nitrogens is 6. The van der Waals surface area contributed by atoms with E-state index in [1.807, 2.05) is 41.6 Å². The van der Waals surface area contributed by atoms with E-state index in [9.17, 15) is 0 Å². The Kier molecular flexibility index (Phi) is 4.66. The van der Waals surface area contributed by atoms with Crippen molar-refractivity contribution in [1.29, 1.82) is 0 Å². The molecule has 1 N–H and O–H groups in total.